The van der Waals surface area contributed by atoms with Crippen molar-refractivity contribution in [3.8, 4) is 0 Å². The first-order valence-corrected chi connectivity index (χ1v) is 0. The first-order chi connectivity index (χ1) is 0. The molecule has 6 heteroatoms. The maximum Gasteiger partial charge on any atom is 1.00 e. The number of hydrogen-bond donors (Lipinski definition) is 0. The molecule has 0 saturated carbocycles. The Kier molecular flexibility index (Phi) is 728. The van der Waals surface area contributed by atoms with Crippen molar-refractivity contribution >= 4 is 24.8 Å². The molecule has 0 heterocycles. The van der Waals surface area contributed by atoms with Gasteiger partial charge in [-0.1, -0.05) is 0 Å². The number of halogens is 4. The third kappa shape index (κ3) is 32.9. The Balaban J connectivity index is 0. The van der Waals surface area contributed by atoms with Crippen LogP contribution in [0.25, 0.3) is 0 Å². The van der Waals surface area contributed by atoms with Crippen LogP contribution in [0.2, 0.25) is 0 Å². The summed E-state index contributed by atoms with van der Waals surface area (Å²) in [4.78, 5) is 0. The third-order valence-electron chi connectivity index (χ3n) is 0. The second-order valence-corrected chi connectivity index (χ2v) is 0. The molecule has 0 nitrogen and oxygen atoms in total. The van der Waals surface area contributed by atoms with E-state index in [9.17, 15) is 0 Å². The minimum atomic E-state index is 0. The zero-order chi connectivity index (χ0) is 0. The van der Waals surface area contributed by atoms with E-state index < -0.39 is 0 Å². The molecule has 0 aromatic rings. The van der Waals surface area contributed by atoms with Gasteiger partial charge in [0.05, 0.1) is 0 Å². The molecule has 0 N–H and O–H groups in total. The minimum Gasteiger partial charge on any atom is -1.00 e. The first kappa shape index (κ1) is 81.5. The van der Waals surface area contributed by atoms with Gasteiger partial charge in [0.1, 0.15) is 0 Å². The van der Waals surface area contributed by atoms with Crippen LogP contribution in [0.1, 0.15) is 0 Å². The molecule has 32 valence electrons. The van der Waals surface area contributed by atoms with Gasteiger partial charge in [0.15, 0.2) is 0 Å². The van der Waals surface area contributed by atoms with Crippen LogP contribution in [0.5, 0.6) is 0 Å². The van der Waals surface area contributed by atoms with Gasteiger partial charge in [-0.2, -0.15) is 0 Å². The average molecular weight is 158 g/mol. The van der Waals surface area contributed by atoms with Gasteiger partial charge in [0.25, 0.3) is 0 Å². The largest absolute Gasteiger partial charge is 1.00 e. The molecule has 0 aliphatic rings. The molecule has 0 unspecified atom stereocenters. The van der Waals surface area contributed by atoms with E-state index in [1.54, 1.807) is 0 Å². The molecule has 0 aromatic heterocycles. The molecular weight excluding hydrogens is 156 g/mol. The fraction of sp³-hybridized carbons (Fsp3) is 0. The normalized spacial score (nSPS) is 0. The Bertz CT molecular complexity index is 5.51. The third-order valence-corrected chi connectivity index (χ3v) is 0. The topological polar surface area (TPSA) is 0 Å². The van der Waals surface area contributed by atoms with Crippen LogP contribution in [0.3, 0.4) is 0 Å². The quantitative estimate of drug-likeness (QED) is 0.307. The van der Waals surface area contributed by atoms with Crippen LogP contribution in [0.4, 0.5) is 0 Å². The molecule has 0 amide bonds. The number of rotatable bonds is 0. The molecule has 0 saturated heterocycles. The summed E-state index contributed by atoms with van der Waals surface area (Å²) in [5, 5.41) is 0. The van der Waals surface area contributed by atoms with Crippen LogP contribution < -0.4 is 62.5 Å². The molecule has 0 radical (unpaired) electrons. The Hall–Kier alpha value is 2.35. The summed E-state index contributed by atoms with van der Waals surface area (Å²) in [6.07, 6.45) is 0. The van der Waals surface area contributed by atoms with Gasteiger partial charge in [-0.25, -0.2) is 0 Å². The molecule has 6 heavy (non-hydrogen) atoms. The van der Waals surface area contributed by atoms with Crippen molar-refractivity contribution in [3.63, 3.8) is 0 Å². The van der Waals surface area contributed by atoms with Crippen molar-refractivity contribution in [2.75, 3.05) is 0 Å². The maximum absolute atomic E-state index is 0. The van der Waals surface area contributed by atoms with E-state index in [0.717, 1.165) is 0 Å². The summed E-state index contributed by atoms with van der Waals surface area (Å²) in [6.45, 7) is 0. The summed E-state index contributed by atoms with van der Waals surface area (Å²) < 4.78 is 0. The molecule has 0 aromatic carbocycles. The van der Waals surface area contributed by atoms with Gasteiger partial charge in [-0.05, 0) is 0 Å². The predicted octanol–water partition coefficient (Wildman–Crippen LogP) is -11.1. The van der Waals surface area contributed by atoms with Crippen LogP contribution in [0.15, 0.2) is 0 Å². The van der Waals surface area contributed by atoms with Gasteiger partial charge in [0, 0.05) is 0 Å². The van der Waals surface area contributed by atoms with Gasteiger partial charge < -0.3 is 24.8 Å². The molecule has 0 bridgehead atoms. The molecule has 0 aliphatic heterocycles. The molecule has 0 fully saturated rings. The maximum atomic E-state index is 0. The van der Waals surface area contributed by atoms with Gasteiger partial charge in [0.2, 0.25) is 0 Å². The van der Waals surface area contributed by atoms with Crippen molar-refractivity contribution in [2.24, 2.45) is 0 Å². The fourth-order valence-electron chi connectivity index (χ4n) is 0. The van der Waals surface area contributed by atoms with Crippen molar-refractivity contribution in [3.05, 3.63) is 0 Å². The van der Waals surface area contributed by atoms with E-state index in [1.165, 1.54) is 0 Å². The SMILES string of the molecule is Cl.Cl.[Cl-].[Cl-].[Li+].[Li+]. The summed E-state index contributed by atoms with van der Waals surface area (Å²) in [7, 11) is 0. The average Bonchev–Trinajstić information content (AvgIpc) is 0. The number of hydrogen-bond acceptors (Lipinski definition) is 0. The van der Waals surface area contributed by atoms with Gasteiger partial charge in [-0.15, -0.1) is 24.8 Å². The van der Waals surface area contributed by atoms with Crippen LogP contribution in [-0.2, 0) is 0 Å². The second kappa shape index (κ2) is 53.6. The van der Waals surface area contributed by atoms with Crippen molar-refractivity contribution in [1.82, 2.24) is 0 Å². The summed E-state index contributed by atoms with van der Waals surface area (Å²) in [6, 6.07) is 0. The second-order valence-electron chi connectivity index (χ2n) is 0. The zero-order valence-electron chi connectivity index (χ0n) is 3.57. The van der Waals surface area contributed by atoms with Gasteiger partial charge in [-0.3, -0.25) is 0 Å². The Morgan fingerprint density at radius 1 is 0.500 bits per heavy atom. The zero-order valence-corrected chi connectivity index (χ0v) is 6.72. The van der Waals surface area contributed by atoms with E-state index in [-0.39, 0.29) is 87.3 Å². The Morgan fingerprint density at radius 3 is 0.500 bits per heavy atom. The van der Waals surface area contributed by atoms with E-state index in [0.29, 0.717) is 0 Å². The smallest absolute Gasteiger partial charge is 1.00 e. The van der Waals surface area contributed by atoms with E-state index in [4.69, 9.17) is 0 Å². The molecule has 0 rings (SSSR count). The summed E-state index contributed by atoms with van der Waals surface area (Å²) >= 11 is 0. The standard InChI is InChI=1S/4ClH.2Li/h4*1H;;/q;;;;2*+1/p-2. The van der Waals surface area contributed by atoms with Crippen molar-refractivity contribution < 1.29 is 62.5 Å². The van der Waals surface area contributed by atoms with Crippen LogP contribution in [-0.4, -0.2) is 0 Å². The Labute approximate surface area is 86.6 Å². The monoisotopic (exact) mass is 156 g/mol. The van der Waals surface area contributed by atoms with Crippen molar-refractivity contribution in [1.29, 1.82) is 0 Å². The minimum absolute atomic E-state index is 0. The van der Waals surface area contributed by atoms with E-state index >= 15 is 0 Å². The molecular formula is H2Cl4Li2. The summed E-state index contributed by atoms with van der Waals surface area (Å²) in [5.74, 6) is 0. The molecule has 0 aliphatic carbocycles. The van der Waals surface area contributed by atoms with Crippen molar-refractivity contribution in [2.45, 2.75) is 0 Å². The predicted molar refractivity (Wildman–Crippen MR) is 14.5 cm³/mol. The summed E-state index contributed by atoms with van der Waals surface area (Å²) in [5.41, 5.74) is 0. The molecule has 0 spiro atoms. The first-order valence-electron chi connectivity index (χ1n) is 0. The van der Waals surface area contributed by atoms with Gasteiger partial charge >= 0.3 is 37.7 Å². The van der Waals surface area contributed by atoms with Crippen LogP contribution >= 0.6 is 24.8 Å². The fourth-order valence-corrected chi connectivity index (χ4v) is 0. The van der Waals surface area contributed by atoms with Crippen LogP contribution in [0, 0.1) is 0 Å². The van der Waals surface area contributed by atoms with E-state index in [2.05, 4.69) is 0 Å². The Morgan fingerprint density at radius 2 is 0.500 bits per heavy atom. The van der Waals surface area contributed by atoms with E-state index in [1.807, 2.05) is 0 Å². The molecule has 0 atom stereocenters.